The Morgan fingerprint density at radius 2 is 0.940 bits per heavy atom. The Kier molecular flexibility index (Phi) is 4.73. The van der Waals surface area contributed by atoms with Gasteiger partial charge in [0.15, 0.2) is 0 Å². The molecule has 0 fully saturated rings. The Bertz CT molecular complexity index is 3020. The molecule has 50 heavy (non-hydrogen) atoms. The van der Waals surface area contributed by atoms with E-state index in [1.54, 1.807) is 0 Å². The molecule has 232 valence electrons. The molecule has 0 N–H and O–H groups in total. The first-order valence-electron chi connectivity index (χ1n) is 19.4. The fraction of sp³-hybridized carbons (Fsp3) is 0.0204. The van der Waals surface area contributed by atoms with Crippen LogP contribution in [0.1, 0.15) is 29.1 Å². The van der Waals surface area contributed by atoms with E-state index in [1.807, 2.05) is 48.5 Å². The Morgan fingerprint density at radius 3 is 1.58 bits per heavy atom. The van der Waals surface area contributed by atoms with Crippen molar-refractivity contribution in [3.8, 4) is 44.9 Å². The van der Waals surface area contributed by atoms with Crippen LogP contribution < -0.4 is 4.74 Å². The SMILES string of the molecule is [2H]c1c([2H])c([2H])c(-c2c3ccccc3c(-c3ccc4c(c3)C3(c5ccccc5Oc5ccccc53)c3ccc5ccccc5c3-4)c3ccccc23)c([2H])c1[2H]. The largest absolute Gasteiger partial charge is 0.457 e. The highest BCUT2D eigenvalue weighted by Crippen LogP contribution is 2.63. The molecule has 9 aromatic carbocycles. The summed E-state index contributed by atoms with van der Waals surface area (Å²) in [5.74, 6) is 1.66. The van der Waals surface area contributed by atoms with Crippen molar-refractivity contribution in [1.82, 2.24) is 0 Å². The maximum atomic E-state index is 8.99. The smallest absolute Gasteiger partial charge is 0.132 e. The van der Waals surface area contributed by atoms with Crippen molar-refractivity contribution in [2.75, 3.05) is 0 Å². The van der Waals surface area contributed by atoms with Gasteiger partial charge in [-0.15, -0.1) is 0 Å². The molecule has 1 heteroatoms. The first kappa shape index (κ1) is 23.0. The van der Waals surface area contributed by atoms with Crippen LogP contribution in [0.15, 0.2) is 182 Å². The Labute approximate surface area is 297 Å². The van der Waals surface area contributed by atoms with Crippen molar-refractivity contribution >= 4 is 32.3 Å². The van der Waals surface area contributed by atoms with Crippen molar-refractivity contribution < 1.29 is 11.6 Å². The lowest BCUT2D eigenvalue weighted by Crippen LogP contribution is -2.32. The Balaban J connectivity index is 1.28. The van der Waals surface area contributed by atoms with Crippen LogP contribution in [0.5, 0.6) is 11.5 Å². The van der Waals surface area contributed by atoms with Gasteiger partial charge in [0, 0.05) is 11.1 Å². The molecular weight excluding hydrogens is 605 g/mol. The summed E-state index contributed by atoms with van der Waals surface area (Å²) in [6.45, 7) is 0. The van der Waals surface area contributed by atoms with Crippen molar-refractivity contribution in [3.63, 3.8) is 0 Å². The van der Waals surface area contributed by atoms with Crippen molar-refractivity contribution in [3.05, 3.63) is 204 Å². The van der Waals surface area contributed by atoms with Crippen molar-refractivity contribution in [2.24, 2.45) is 0 Å². The molecule has 1 spiro atoms. The fourth-order valence-electron chi connectivity index (χ4n) is 8.91. The van der Waals surface area contributed by atoms with E-state index in [-0.39, 0.29) is 29.7 Å². The third kappa shape index (κ3) is 3.56. The fourth-order valence-corrected chi connectivity index (χ4v) is 8.91. The molecule has 1 nitrogen and oxygen atoms in total. The zero-order valence-electron chi connectivity index (χ0n) is 31.8. The monoisotopic (exact) mass is 639 g/mol. The number of rotatable bonds is 2. The van der Waals surface area contributed by atoms with E-state index in [9.17, 15) is 0 Å². The van der Waals surface area contributed by atoms with E-state index in [0.29, 0.717) is 5.56 Å². The van der Waals surface area contributed by atoms with Crippen molar-refractivity contribution in [1.29, 1.82) is 0 Å². The quantitative estimate of drug-likeness (QED) is 0.171. The second-order valence-electron chi connectivity index (χ2n) is 13.2. The normalized spacial score (nSPS) is 14.9. The number of fused-ring (bicyclic) bond motifs is 13. The van der Waals surface area contributed by atoms with Crippen LogP contribution >= 0.6 is 0 Å². The number of para-hydroxylation sites is 2. The van der Waals surface area contributed by atoms with Gasteiger partial charge in [0.1, 0.15) is 11.5 Å². The second kappa shape index (κ2) is 10.3. The van der Waals surface area contributed by atoms with E-state index in [2.05, 4.69) is 103 Å². The van der Waals surface area contributed by atoms with E-state index < -0.39 is 11.5 Å². The van der Waals surface area contributed by atoms with Crippen LogP contribution in [0.25, 0.3) is 65.7 Å². The summed E-state index contributed by atoms with van der Waals surface area (Å²) in [5.41, 5.74) is 9.17. The summed E-state index contributed by atoms with van der Waals surface area (Å²) < 4.78 is 50.0. The molecule has 0 saturated heterocycles. The number of hydrogen-bond acceptors (Lipinski definition) is 1. The summed E-state index contributed by atoms with van der Waals surface area (Å²) in [7, 11) is 0. The van der Waals surface area contributed by atoms with Crippen LogP contribution in [0.4, 0.5) is 0 Å². The number of ether oxygens (including phenoxy) is 1. The minimum absolute atomic E-state index is 0.204. The minimum atomic E-state index is -0.672. The van der Waals surface area contributed by atoms with Crippen LogP contribution in [0, 0.1) is 0 Å². The molecule has 1 heterocycles. The lowest BCUT2D eigenvalue weighted by Gasteiger charge is -2.39. The third-order valence-corrected chi connectivity index (χ3v) is 10.8. The zero-order chi connectivity index (χ0) is 37.2. The summed E-state index contributed by atoms with van der Waals surface area (Å²) in [5, 5.41) is 5.90. The summed E-state index contributed by atoms with van der Waals surface area (Å²) in [6.07, 6.45) is 0. The molecule has 0 unspecified atom stereocenters. The molecule has 0 saturated carbocycles. The van der Waals surface area contributed by atoms with Gasteiger partial charge in [-0.2, -0.15) is 0 Å². The molecule has 0 aromatic heterocycles. The van der Waals surface area contributed by atoms with Gasteiger partial charge in [-0.3, -0.25) is 0 Å². The molecule has 1 aliphatic heterocycles. The van der Waals surface area contributed by atoms with Gasteiger partial charge in [0.2, 0.25) is 0 Å². The molecular formula is C49H30O. The molecule has 11 rings (SSSR count). The zero-order valence-corrected chi connectivity index (χ0v) is 26.8. The second-order valence-corrected chi connectivity index (χ2v) is 13.2. The summed E-state index contributed by atoms with van der Waals surface area (Å²) in [4.78, 5) is 0. The van der Waals surface area contributed by atoms with E-state index in [4.69, 9.17) is 11.6 Å². The van der Waals surface area contributed by atoms with Gasteiger partial charge in [0.25, 0.3) is 0 Å². The molecule has 0 bridgehead atoms. The number of hydrogen-bond donors (Lipinski definition) is 0. The van der Waals surface area contributed by atoms with Gasteiger partial charge in [-0.25, -0.2) is 0 Å². The Morgan fingerprint density at radius 1 is 0.400 bits per heavy atom. The van der Waals surface area contributed by atoms with E-state index in [1.165, 1.54) is 33.0 Å². The Hall–Kier alpha value is -6.44. The molecule has 0 atom stereocenters. The van der Waals surface area contributed by atoms with Crippen LogP contribution in [-0.4, -0.2) is 0 Å². The lowest BCUT2D eigenvalue weighted by molar-refractivity contribution is 0.436. The van der Waals surface area contributed by atoms with Gasteiger partial charge in [0.05, 0.1) is 12.3 Å². The third-order valence-electron chi connectivity index (χ3n) is 10.8. The molecule has 0 radical (unpaired) electrons. The molecule has 9 aromatic rings. The summed E-state index contributed by atoms with van der Waals surface area (Å²) >= 11 is 0. The van der Waals surface area contributed by atoms with Gasteiger partial charge in [-0.1, -0.05) is 164 Å². The maximum absolute atomic E-state index is 8.99. The average molecular weight is 640 g/mol. The molecule has 2 aliphatic rings. The van der Waals surface area contributed by atoms with Gasteiger partial charge >= 0.3 is 0 Å². The topological polar surface area (TPSA) is 9.23 Å². The molecule has 0 amide bonds. The highest BCUT2D eigenvalue weighted by atomic mass is 16.5. The lowest BCUT2D eigenvalue weighted by atomic mass is 9.65. The van der Waals surface area contributed by atoms with Crippen molar-refractivity contribution in [2.45, 2.75) is 5.41 Å². The highest BCUT2D eigenvalue weighted by Gasteiger charge is 2.51. The van der Waals surface area contributed by atoms with Gasteiger partial charge < -0.3 is 4.74 Å². The average Bonchev–Trinajstić information content (AvgIpc) is 3.52. The first-order valence-corrected chi connectivity index (χ1v) is 16.9. The predicted octanol–water partition coefficient (Wildman–Crippen LogP) is 12.9. The van der Waals surface area contributed by atoms with E-state index in [0.717, 1.165) is 55.3 Å². The first-order chi connectivity index (χ1) is 26.9. The van der Waals surface area contributed by atoms with Gasteiger partial charge in [-0.05, 0) is 95.0 Å². The highest BCUT2D eigenvalue weighted by molar-refractivity contribution is 6.21. The number of benzene rings is 9. The maximum Gasteiger partial charge on any atom is 0.132 e. The van der Waals surface area contributed by atoms with Crippen LogP contribution in [0.3, 0.4) is 0 Å². The minimum Gasteiger partial charge on any atom is -0.457 e. The van der Waals surface area contributed by atoms with Crippen LogP contribution in [-0.2, 0) is 5.41 Å². The summed E-state index contributed by atoms with van der Waals surface area (Å²) in [6, 6.07) is 51.4. The van der Waals surface area contributed by atoms with Crippen LogP contribution in [0.2, 0.25) is 0 Å². The standard InChI is InChI=1S/C49H30O/c1-2-15-32(16-3-1)46-35-18-6-8-20-37(35)47(38-21-9-7-19-36(38)46)33-26-28-39-43(30-33)49(42-29-27-31-14-4-5-17-34(31)48(39)42)40-22-10-12-24-44(40)50-45-25-13-11-23-41(45)49/h1-30H/i1D,2D,3D,15D,16D. The predicted molar refractivity (Wildman–Crippen MR) is 207 cm³/mol. The molecule has 1 aliphatic carbocycles. The van der Waals surface area contributed by atoms with E-state index >= 15 is 0 Å².